The van der Waals surface area contributed by atoms with Gasteiger partial charge < -0.3 is 14.8 Å². The first-order valence-electron chi connectivity index (χ1n) is 9.18. The molecule has 9 heteroatoms. The molecule has 0 radical (unpaired) electrons. The Bertz CT molecular complexity index is 1150. The monoisotopic (exact) mass is 422 g/mol. The standard InChI is InChI=1S/C22H16F2N4O3/c23-22(24)31-19-12-8-16(9-13-19)28-14-25-20(27-28)21(29)26-15-6-10-18(11-7-15)30-17-4-2-1-3-5-17/h1-14,22H,(H,26,29). The van der Waals surface area contributed by atoms with Crippen LogP contribution < -0.4 is 14.8 Å². The van der Waals surface area contributed by atoms with Crippen LogP contribution in [0.1, 0.15) is 10.6 Å². The Kier molecular flexibility index (Phi) is 5.84. The Morgan fingerprint density at radius 3 is 2.19 bits per heavy atom. The zero-order valence-electron chi connectivity index (χ0n) is 16.0. The number of alkyl halides is 2. The summed E-state index contributed by atoms with van der Waals surface area (Å²) in [7, 11) is 0. The van der Waals surface area contributed by atoms with E-state index in [1.54, 1.807) is 24.3 Å². The number of para-hydroxylation sites is 1. The van der Waals surface area contributed by atoms with Crippen molar-refractivity contribution in [1.82, 2.24) is 14.8 Å². The van der Waals surface area contributed by atoms with Crippen molar-refractivity contribution in [1.29, 1.82) is 0 Å². The number of anilines is 1. The summed E-state index contributed by atoms with van der Waals surface area (Å²) in [6.07, 6.45) is 1.36. The minimum Gasteiger partial charge on any atom is -0.457 e. The summed E-state index contributed by atoms with van der Waals surface area (Å²) < 4.78 is 35.8. The van der Waals surface area contributed by atoms with Gasteiger partial charge in [0.15, 0.2) is 0 Å². The van der Waals surface area contributed by atoms with E-state index >= 15 is 0 Å². The van der Waals surface area contributed by atoms with Crippen LogP contribution in [0.4, 0.5) is 14.5 Å². The van der Waals surface area contributed by atoms with Crippen molar-refractivity contribution in [3.8, 4) is 22.9 Å². The van der Waals surface area contributed by atoms with E-state index in [4.69, 9.17) is 4.74 Å². The van der Waals surface area contributed by atoms with Crippen molar-refractivity contribution in [2.45, 2.75) is 6.61 Å². The van der Waals surface area contributed by atoms with E-state index in [0.29, 0.717) is 22.9 Å². The number of hydrogen-bond acceptors (Lipinski definition) is 5. The third kappa shape index (κ3) is 5.21. The van der Waals surface area contributed by atoms with E-state index in [-0.39, 0.29) is 11.6 Å². The SMILES string of the molecule is O=C(Nc1ccc(Oc2ccccc2)cc1)c1ncn(-c2ccc(OC(F)F)cc2)n1. The quantitative estimate of drug-likeness (QED) is 0.458. The third-order valence-electron chi connectivity index (χ3n) is 4.11. The minimum atomic E-state index is -2.90. The molecular weight excluding hydrogens is 406 g/mol. The lowest BCUT2D eigenvalue weighted by Gasteiger charge is -2.07. The lowest BCUT2D eigenvalue weighted by Crippen LogP contribution is -2.14. The van der Waals surface area contributed by atoms with Gasteiger partial charge in [0.2, 0.25) is 5.82 Å². The van der Waals surface area contributed by atoms with E-state index < -0.39 is 12.5 Å². The second-order valence-corrected chi connectivity index (χ2v) is 6.28. The van der Waals surface area contributed by atoms with Gasteiger partial charge in [0.05, 0.1) is 5.69 Å². The number of ether oxygens (including phenoxy) is 2. The summed E-state index contributed by atoms with van der Waals surface area (Å²) in [6.45, 7) is -2.90. The van der Waals surface area contributed by atoms with Gasteiger partial charge in [-0.3, -0.25) is 4.79 Å². The van der Waals surface area contributed by atoms with Crippen molar-refractivity contribution in [2.24, 2.45) is 0 Å². The number of nitrogens with zero attached hydrogens (tertiary/aromatic N) is 3. The van der Waals surface area contributed by atoms with Gasteiger partial charge in [-0.05, 0) is 60.7 Å². The van der Waals surface area contributed by atoms with E-state index in [1.165, 1.54) is 35.3 Å². The summed E-state index contributed by atoms with van der Waals surface area (Å²) in [4.78, 5) is 16.4. The molecule has 0 fully saturated rings. The molecular formula is C22H16F2N4O3. The highest BCUT2D eigenvalue weighted by molar-refractivity contribution is 6.01. The van der Waals surface area contributed by atoms with Gasteiger partial charge in [-0.1, -0.05) is 18.2 Å². The number of amides is 1. The third-order valence-corrected chi connectivity index (χ3v) is 4.11. The van der Waals surface area contributed by atoms with Crippen LogP contribution in [-0.4, -0.2) is 27.3 Å². The van der Waals surface area contributed by atoms with E-state index in [0.717, 1.165) is 0 Å². The first-order chi connectivity index (χ1) is 15.1. The Hall–Kier alpha value is -4.27. The molecule has 0 aliphatic rings. The Balaban J connectivity index is 1.38. The maximum absolute atomic E-state index is 12.4. The zero-order chi connectivity index (χ0) is 21.6. The first-order valence-corrected chi connectivity index (χ1v) is 9.18. The number of carbonyl (C=O) groups is 1. The summed E-state index contributed by atoms with van der Waals surface area (Å²) in [6, 6.07) is 22.0. The molecule has 0 bridgehead atoms. The van der Waals surface area contributed by atoms with E-state index in [2.05, 4.69) is 20.1 Å². The van der Waals surface area contributed by atoms with E-state index in [9.17, 15) is 13.6 Å². The first kappa shape index (κ1) is 20.0. The van der Waals surface area contributed by atoms with Crippen molar-refractivity contribution >= 4 is 11.6 Å². The Morgan fingerprint density at radius 1 is 0.871 bits per heavy atom. The number of hydrogen-bond donors (Lipinski definition) is 1. The second-order valence-electron chi connectivity index (χ2n) is 6.28. The van der Waals surface area contributed by atoms with Crippen LogP contribution in [0.5, 0.6) is 17.2 Å². The van der Waals surface area contributed by atoms with Crippen LogP contribution in [0, 0.1) is 0 Å². The van der Waals surface area contributed by atoms with Crippen LogP contribution in [0.15, 0.2) is 85.2 Å². The molecule has 0 saturated heterocycles. The van der Waals surface area contributed by atoms with Gasteiger partial charge in [-0.2, -0.15) is 8.78 Å². The fraction of sp³-hybridized carbons (Fsp3) is 0.0455. The normalized spacial score (nSPS) is 10.7. The number of carbonyl (C=O) groups excluding carboxylic acids is 1. The molecule has 1 heterocycles. The molecule has 0 saturated carbocycles. The number of nitrogens with one attached hydrogen (secondary N) is 1. The molecule has 0 aliphatic carbocycles. The van der Waals surface area contributed by atoms with Crippen LogP contribution >= 0.6 is 0 Å². The van der Waals surface area contributed by atoms with Crippen LogP contribution in [-0.2, 0) is 0 Å². The summed E-state index contributed by atoms with van der Waals surface area (Å²) in [5.74, 6) is 0.830. The fourth-order valence-electron chi connectivity index (χ4n) is 2.69. The average Bonchev–Trinajstić information content (AvgIpc) is 3.26. The van der Waals surface area contributed by atoms with Crippen LogP contribution in [0.2, 0.25) is 0 Å². The highest BCUT2D eigenvalue weighted by Crippen LogP contribution is 2.23. The number of aromatic nitrogens is 3. The highest BCUT2D eigenvalue weighted by Gasteiger charge is 2.13. The smallest absolute Gasteiger partial charge is 0.387 e. The molecule has 3 aromatic carbocycles. The maximum Gasteiger partial charge on any atom is 0.387 e. The van der Waals surface area contributed by atoms with Gasteiger partial charge in [-0.25, -0.2) is 9.67 Å². The predicted octanol–water partition coefficient (Wildman–Crippen LogP) is 4.91. The molecule has 0 unspecified atom stereocenters. The number of halogens is 2. The largest absolute Gasteiger partial charge is 0.457 e. The molecule has 7 nitrogen and oxygen atoms in total. The molecule has 156 valence electrons. The predicted molar refractivity (Wildman–Crippen MR) is 109 cm³/mol. The minimum absolute atomic E-state index is 0.0246. The summed E-state index contributed by atoms with van der Waals surface area (Å²) in [5, 5.41) is 6.83. The Morgan fingerprint density at radius 2 is 1.52 bits per heavy atom. The number of benzene rings is 3. The second kappa shape index (κ2) is 9.04. The van der Waals surface area contributed by atoms with Crippen molar-refractivity contribution in [3.63, 3.8) is 0 Å². The van der Waals surface area contributed by atoms with Crippen LogP contribution in [0.3, 0.4) is 0 Å². The molecule has 0 aliphatic heterocycles. The fourth-order valence-corrected chi connectivity index (χ4v) is 2.69. The van der Waals surface area contributed by atoms with Gasteiger partial charge in [-0.15, -0.1) is 5.10 Å². The zero-order valence-corrected chi connectivity index (χ0v) is 16.0. The molecule has 4 aromatic rings. The lowest BCUT2D eigenvalue weighted by molar-refractivity contribution is -0.0498. The lowest BCUT2D eigenvalue weighted by atomic mass is 10.3. The molecule has 1 aromatic heterocycles. The van der Waals surface area contributed by atoms with Crippen LogP contribution in [0.25, 0.3) is 5.69 Å². The molecule has 1 amide bonds. The van der Waals surface area contributed by atoms with Crippen molar-refractivity contribution < 1.29 is 23.0 Å². The molecule has 31 heavy (non-hydrogen) atoms. The summed E-state index contributed by atoms with van der Waals surface area (Å²) >= 11 is 0. The number of rotatable bonds is 7. The molecule has 1 N–H and O–H groups in total. The average molecular weight is 422 g/mol. The Labute approximate surface area is 175 Å². The topological polar surface area (TPSA) is 78.3 Å². The van der Waals surface area contributed by atoms with Crippen molar-refractivity contribution in [2.75, 3.05) is 5.32 Å². The molecule has 0 spiro atoms. The summed E-state index contributed by atoms with van der Waals surface area (Å²) in [5.41, 5.74) is 1.09. The van der Waals surface area contributed by atoms with Crippen molar-refractivity contribution in [3.05, 3.63) is 91.0 Å². The van der Waals surface area contributed by atoms with Gasteiger partial charge in [0.25, 0.3) is 5.91 Å². The van der Waals surface area contributed by atoms with Gasteiger partial charge >= 0.3 is 6.61 Å². The highest BCUT2D eigenvalue weighted by atomic mass is 19.3. The molecule has 0 atom stereocenters. The van der Waals surface area contributed by atoms with E-state index in [1.807, 2.05) is 30.3 Å². The van der Waals surface area contributed by atoms with Gasteiger partial charge in [0, 0.05) is 5.69 Å². The maximum atomic E-state index is 12.4. The molecule has 4 rings (SSSR count). The van der Waals surface area contributed by atoms with Gasteiger partial charge in [0.1, 0.15) is 23.6 Å².